The zero-order valence-electron chi connectivity index (χ0n) is 27.6. The number of rotatable bonds is 16. The molecule has 0 saturated heterocycles. The molecule has 4 aromatic rings. The third kappa shape index (κ3) is 9.29. The molecular formula is C38H40F2N4O5. The number of carbonyl (C=O) groups excluding carboxylic acids is 1. The lowest BCUT2D eigenvalue weighted by Gasteiger charge is -2.15. The Kier molecular flexibility index (Phi) is 12.5. The highest BCUT2D eigenvalue weighted by Gasteiger charge is 2.24. The van der Waals surface area contributed by atoms with Gasteiger partial charge in [0, 0.05) is 42.4 Å². The molecule has 3 N–H and O–H groups in total. The van der Waals surface area contributed by atoms with Crippen molar-refractivity contribution in [3.05, 3.63) is 119 Å². The number of allylic oxidation sites excluding steroid dienone is 6. The van der Waals surface area contributed by atoms with Gasteiger partial charge in [0.05, 0.1) is 52.0 Å². The second-order valence-corrected chi connectivity index (χ2v) is 11.1. The molecule has 3 aromatic carbocycles. The van der Waals surface area contributed by atoms with E-state index in [0.29, 0.717) is 81.1 Å². The van der Waals surface area contributed by atoms with Gasteiger partial charge in [0.2, 0.25) is 0 Å². The summed E-state index contributed by atoms with van der Waals surface area (Å²) in [6, 6.07) is 19.0. The van der Waals surface area contributed by atoms with E-state index in [1.807, 2.05) is 28.8 Å². The van der Waals surface area contributed by atoms with Crippen molar-refractivity contribution in [1.82, 2.24) is 14.9 Å². The van der Waals surface area contributed by atoms with Crippen LogP contribution in [-0.2, 0) is 16.0 Å². The fraction of sp³-hybridized carbons (Fsp3) is 0.263. The molecule has 0 unspecified atom stereocenters. The quantitative estimate of drug-likeness (QED) is 0.134. The van der Waals surface area contributed by atoms with Crippen LogP contribution in [0.1, 0.15) is 28.0 Å². The molecule has 5 rings (SSSR count). The van der Waals surface area contributed by atoms with Crippen molar-refractivity contribution in [2.24, 2.45) is 5.73 Å². The summed E-state index contributed by atoms with van der Waals surface area (Å²) in [5, 5.41) is 2.87. The average molecular weight is 671 g/mol. The second-order valence-electron chi connectivity index (χ2n) is 11.1. The number of nitrogens with one attached hydrogen (secondary N) is 1. The first-order valence-electron chi connectivity index (χ1n) is 16.0. The maximum atomic E-state index is 14.2. The molecule has 0 aliphatic heterocycles. The predicted octanol–water partition coefficient (Wildman–Crippen LogP) is 6.34. The second kappa shape index (κ2) is 17.3. The standard InChI is InChI=1S/C38H40F2N4O5/c1-46-33-22-30(23-34(24-33)47-2)37-43-35(27-4-3-5-31(39)13-10-27)36(28-11-14-32(40)15-12-28)44(37)25-26-6-8-29(9-7-26)38(45)42-17-19-49-21-20-48-18-16-41/h3,5-15,22-24H,4,16-21,25,41H2,1-2H3,(H,42,45). The van der Waals surface area contributed by atoms with Gasteiger partial charge < -0.3 is 34.6 Å². The largest absolute Gasteiger partial charge is 0.497 e. The fourth-order valence-electron chi connectivity index (χ4n) is 5.35. The Morgan fingerprint density at radius 3 is 2.24 bits per heavy atom. The Morgan fingerprint density at radius 1 is 0.878 bits per heavy atom. The summed E-state index contributed by atoms with van der Waals surface area (Å²) in [5.41, 5.74) is 10.4. The average Bonchev–Trinajstić information content (AvgIpc) is 3.35. The number of nitrogens with zero attached hydrogens (tertiary/aromatic N) is 2. The van der Waals surface area contributed by atoms with Crippen molar-refractivity contribution < 1.29 is 32.5 Å². The molecule has 1 aromatic heterocycles. The lowest BCUT2D eigenvalue weighted by atomic mass is 10.0. The van der Waals surface area contributed by atoms with Crippen LogP contribution in [-0.4, -0.2) is 69.2 Å². The van der Waals surface area contributed by atoms with Crippen molar-refractivity contribution in [3.63, 3.8) is 0 Å². The molecule has 1 aliphatic rings. The summed E-state index contributed by atoms with van der Waals surface area (Å²) in [6.45, 7) is 2.88. The van der Waals surface area contributed by atoms with Crippen LogP contribution in [0.5, 0.6) is 11.5 Å². The topological polar surface area (TPSA) is 110 Å². The van der Waals surface area contributed by atoms with E-state index in [4.69, 9.17) is 29.7 Å². The van der Waals surface area contributed by atoms with Crippen molar-refractivity contribution in [2.45, 2.75) is 13.0 Å². The predicted molar refractivity (Wildman–Crippen MR) is 186 cm³/mol. The third-order valence-electron chi connectivity index (χ3n) is 7.78. The number of carbonyl (C=O) groups is 1. The van der Waals surface area contributed by atoms with Crippen LogP contribution in [0.4, 0.5) is 8.78 Å². The highest BCUT2D eigenvalue weighted by molar-refractivity contribution is 5.94. The molecule has 0 bridgehead atoms. The van der Waals surface area contributed by atoms with Gasteiger partial charge >= 0.3 is 0 Å². The summed E-state index contributed by atoms with van der Waals surface area (Å²) < 4.78 is 52.3. The number of ether oxygens (including phenoxy) is 4. The first kappa shape index (κ1) is 35.2. The van der Waals surface area contributed by atoms with E-state index in [0.717, 1.165) is 28.0 Å². The van der Waals surface area contributed by atoms with Gasteiger partial charge in [0.1, 0.15) is 29.0 Å². The van der Waals surface area contributed by atoms with Crippen LogP contribution in [0, 0.1) is 5.82 Å². The van der Waals surface area contributed by atoms with E-state index in [-0.39, 0.29) is 17.6 Å². The lowest BCUT2D eigenvalue weighted by Crippen LogP contribution is -2.27. The lowest BCUT2D eigenvalue weighted by molar-refractivity contribution is 0.0511. The van der Waals surface area contributed by atoms with Gasteiger partial charge in [0.15, 0.2) is 0 Å². The van der Waals surface area contributed by atoms with Crippen molar-refractivity contribution in [3.8, 4) is 34.1 Å². The van der Waals surface area contributed by atoms with Crippen molar-refractivity contribution >= 4 is 11.5 Å². The van der Waals surface area contributed by atoms with Gasteiger partial charge in [-0.15, -0.1) is 0 Å². The normalized spacial score (nSPS) is 12.7. The first-order valence-corrected chi connectivity index (χ1v) is 16.0. The number of benzene rings is 3. The number of hydrogen-bond acceptors (Lipinski definition) is 7. The molecule has 0 saturated carbocycles. The van der Waals surface area contributed by atoms with Gasteiger partial charge in [-0.05, 0) is 78.2 Å². The Balaban J connectivity index is 1.50. The van der Waals surface area contributed by atoms with Gasteiger partial charge in [-0.2, -0.15) is 0 Å². The maximum Gasteiger partial charge on any atom is 0.251 e. The minimum atomic E-state index is -0.368. The van der Waals surface area contributed by atoms with Gasteiger partial charge in [-0.3, -0.25) is 4.79 Å². The van der Waals surface area contributed by atoms with Crippen LogP contribution >= 0.6 is 0 Å². The van der Waals surface area contributed by atoms with Crippen LogP contribution in [0.3, 0.4) is 0 Å². The highest BCUT2D eigenvalue weighted by atomic mass is 19.1. The fourth-order valence-corrected chi connectivity index (χ4v) is 5.35. The summed E-state index contributed by atoms with van der Waals surface area (Å²) in [5.74, 6) is 0.810. The molecular weight excluding hydrogens is 630 g/mol. The van der Waals surface area contributed by atoms with Gasteiger partial charge in [0.25, 0.3) is 5.91 Å². The van der Waals surface area contributed by atoms with Gasteiger partial charge in [-0.25, -0.2) is 13.8 Å². The molecule has 0 atom stereocenters. The van der Waals surface area contributed by atoms with Gasteiger partial charge in [-0.1, -0.05) is 24.3 Å². The van der Waals surface area contributed by atoms with E-state index in [1.165, 1.54) is 24.3 Å². The molecule has 11 heteroatoms. The Morgan fingerprint density at radius 2 is 1.57 bits per heavy atom. The van der Waals surface area contributed by atoms with Crippen LogP contribution in [0.15, 0.2) is 96.9 Å². The van der Waals surface area contributed by atoms with E-state index in [9.17, 15) is 13.6 Å². The molecule has 0 spiro atoms. The number of hydrogen-bond donors (Lipinski definition) is 2. The van der Waals surface area contributed by atoms with Crippen molar-refractivity contribution in [1.29, 1.82) is 0 Å². The number of amides is 1. The van der Waals surface area contributed by atoms with E-state index in [1.54, 1.807) is 56.7 Å². The summed E-state index contributed by atoms with van der Waals surface area (Å²) in [6.07, 6.45) is 6.75. The zero-order chi connectivity index (χ0) is 34.6. The van der Waals surface area contributed by atoms with E-state index >= 15 is 0 Å². The SMILES string of the molecule is COc1cc(OC)cc(-c2nc(C3=CC=C(F)C=CC3)c(-c3ccc(F)cc3)n2Cc2ccc(C(=O)NCCOCCOCCN)cc2)c1. The zero-order valence-corrected chi connectivity index (χ0v) is 27.6. The number of nitrogens with two attached hydrogens (primary N) is 1. The Labute approximate surface area is 284 Å². The third-order valence-corrected chi connectivity index (χ3v) is 7.78. The molecule has 0 fully saturated rings. The minimum Gasteiger partial charge on any atom is -0.497 e. The number of halogens is 2. The van der Waals surface area contributed by atoms with Crippen LogP contribution in [0.25, 0.3) is 28.2 Å². The maximum absolute atomic E-state index is 14.2. The smallest absolute Gasteiger partial charge is 0.251 e. The molecule has 0 radical (unpaired) electrons. The molecule has 49 heavy (non-hydrogen) atoms. The summed E-state index contributed by atoms with van der Waals surface area (Å²) in [4.78, 5) is 18.0. The Bertz CT molecular complexity index is 1790. The monoisotopic (exact) mass is 670 g/mol. The summed E-state index contributed by atoms with van der Waals surface area (Å²) in [7, 11) is 3.16. The number of methoxy groups -OCH3 is 2. The molecule has 1 aliphatic carbocycles. The Hall–Kier alpha value is -5.10. The van der Waals surface area contributed by atoms with E-state index < -0.39 is 0 Å². The van der Waals surface area contributed by atoms with E-state index in [2.05, 4.69) is 5.32 Å². The number of imidazole rings is 1. The molecule has 256 valence electrons. The van der Waals surface area contributed by atoms with Crippen molar-refractivity contribution in [2.75, 3.05) is 53.7 Å². The summed E-state index contributed by atoms with van der Waals surface area (Å²) >= 11 is 0. The molecule has 1 amide bonds. The van der Waals surface area contributed by atoms with Crippen LogP contribution < -0.4 is 20.5 Å². The minimum absolute atomic E-state index is 0.218. The van der Waals surface area contributed by atoms with Crippen LogP contribution in [0.2, 0.25) is 0 Å². The highest BCUT2D eigenvalue weighted by Crippen LogP contribution is 2.38. The first-order chi connectivity index (χ1) is 23.9. The number of aromatic nitrogens is 2. The molecule has 1 heterocycles. The molecule has 9 nitrogen and oxygen atoms in total.